The highest BCUT2D eigenvalue weighted by molar-refractivity contribution is 5.88. The van der Waals surface area contributed by atoms with E-state index in [9.17, 15) is 22.8 Å². The summed E-state index contributed by atoms with van der Waals surface area (Å²) in [6.07, 6.45) is -4.72. The number of urea groups is 1. The lowest BCUT2D eigenvalue weighted by molar-refractivity contribution is -0.187. The molecule has 2 heterocycles. The van der Waals surface area contributed by atoms with Crippen LogP contribution in [0.3, 0.4) is 0 Å². The van der Waals surface area contributed by atoms with E-state index in [0.29, 0.717) is 5.56 Å². The van der Waals surface area contributed by atoms with Gasteiger partial charge in [-0.25, -0.2) is 4.79 Å². The summed E-state index contributed by atoms with van der Waals surface area (Å²) in [7, 11) is 0. The van der Waals surface area contributed by atoms with Gasteiger partial charge in [-0.15, -0.1) is 0 Å². The van der Waals surface area contributed by atoms with E-state index in [2.05, 4.69) is 15.5 Å². The first kappa shape index (κ1) is 17.7. The smallest absolute Gasteiger partial charge is 0.394 e. The maximum Gasteiger partial charge on any atom is 0.394 e. The van der Waals surface area contributed by atoms with E-state index >= 15 is 0 Å². The zero-order valence-corrected chi connectivity index (χ0v) is 13.1. The maximum absolute atomic E-state index is 13.0. The van der Waals surface area contributed by atoms with Crippen molar-refractivity contribution in [2.45, 2.75) is 6.18 Å². The van der Waals surface area contributed by atoms with Crippen LogP contribution in [0.4, 0.5) is 24.0 Å². The standard InChI is InChI=1S/C15H13F3N4O4/c16-15(17,18)10-7-22(6-9(10)12(23)24)14(25)20-13-19-11(21-26-13)8-4-2-1-3-5-8/h1-5,9-10H,6-7H2,(H,23,24)(H,19,20,21,25)/t9-,10-/m1/s1. The highest BCUT2D eigenvalue weighted by atomic mass is 19.4. The van der Waals surface area contributed by atoms with Crippen LogP contribution in [0.1, 0.15) is 0 Å². The van der Waals surface area contributed by atoms with Gasteiger partial charge in [0.15, 0.2) is 0 Å². The number of hydrogen-bond acceptors (Lipinski definition) is 5. The highest BCUT2D eigenvalue weighted by Crippen LogP contribution is 2.37. The molecule has 1 saturated heterocycles. The number of hydrogen-bond donors (Lipinski definition) is 2. The summed E-state index contributed by atoms with van der Waals surface area (Å²) in [6.45, 7) is -1.32. The molecule has 1 aliphatic heterocycles. The van der Waals surface area contributed by atoms with Crippen LogP contribution in [0, 0.1) is 11.8 Å². The van der Waals surface area contributed by atoms with Gasteiger partial charge in [-0.1, -0.05) is 35.5 Å². The number of benzene rings is 1. The van der Waals surface area contributed by atoms with E-state index in [1.807, 2.05) is 0 Å². The van der Waals surface area contributed by atoms with Crippen molar-refractivity contribution in [2.75, 3.05) is 18.4 Å². The van der Waals surface area contributed by atoms with Crippen LogP contribution in [0.15, 0.2) is 34.9 Å². The number of nitrogens with one attached hydrogen (secondary N) is 1. The molecule has 2 amide bonds. The van der Waals surface area contributed by atoms with Gasteiger partial charge in [0, 0.05) is 18.7 Å². The number of halogens is 3. The number of alkyl halides is 3. The summed E-state index contributed by atoms with van der Waals surface area (Å²) >= 11 is 0. The van der Waals surface area contributed by atoms with Crippen molar-refractivity contribution in [1.82, 2.24) is 15.0 Å². The minimum Gasteiger partial charge on any atom is -0.481 e. The molecule has 1 aromatic heterocycles. The van der Waals surface area contributed by atoms with E-state index < -0.39 is 43.1 Å². The van der Waals surface area contributed by atoms with Gasteiger partial charge in [0.25, 0.3) is 0 Å². The molecule has 0 radical (unpaired) electrons. The van der Waals surface area contributed by atoms with Crippen LogP contribution >= 0.6 is 0 Å². The van der Waals surface area contributed by atoms with Crippen molar-refractivity contribution in [3.05, 3.63) is 30.3 Å². The predicted octanol–water partition coefficient (Wildman–Crippen LogP) is 2.46. The van der Waals surface area contributed by atoms with Crippen molar-refractivity contribution < 1.29 is 32.4 Å². The lowest BCUT2D eigenvalue weighted by atomic mass is 9.96. The van der Waals surface area contributed by atoms with Gasteiger partial charge < -0.3 is 14.5 Å². The second kappa shape index (κ2) is 6.65. The van der Waals surface area contributed by atoms with E-state index in [4.69, 9.17) is 9.63 Å². The monoisotopic (exact) mass is 370 g/mol. The number of carbonyl (C=O) groups is 2. The molecule has 1 fully saturated rings. The van der Waals surface area contributed by atoms with Crippen LogP contribution in [0.25, 0.3) is 11.4 Å². The van der Waals surface area contributed by atoms with Gasteiger partial charge in [-0.2, -0.15) is 18.2 Å². The van der Waals surface area contributed by atoms with Crippen molar-refractivity contribution in [3.63, 3.8) is 0 Å². The SMILES string of the molecule is O=C(O)[C@@H]1CN(C(=O)Nc2nc(-c3ccccc3)no2)C[C@H]1C(F)(F)F. The molecule has 0 bridgehead atoms. The molecule has 0 unspecified atom stereocenters. The van der Waals surface area contributed by atoms with Crippen LogP contribution in [-0.2, 0) is 4.79 Å². The molecule has 2 atom stereocenters. The van der Waals surface area contributed by atoms with Gasteiger partial charge in [-0.05, 0) is 0 Å². The topological polar surface area (TPSA) is 109 Å². The Balaban J connectivity index is 1.69. The number of rotatable bonds is 3. The molecule has 3 rings (SSSR count). The van der Waals surface area contributed by atoms with Gasteiger partial charge in [0.1, 0.15) is 0 Å². The van der Waals surface area contributed by atoms with Crippen LogP contribution in [-0.4, -0.2) is 51.4 Å². The number of carboxylic acid groups (broad SMARTS) is 1. The molecule has 1 aromatic carbocycles. The summed E-state index contributed by atoms with van der Waals surface area (Å²) in [4.78, 5) is 27.9. The fraction of sp³-hybridized carbons (Fsp3) is 0.333. The molecule has 0 spiro atoms. The Labute approximate surface area is 144 Å². The molecular formula is C15H13F3N4O4. The minimum atomic E-state index is -4.72. The van der Waals surface area contributed by atoms with Crippen molar-refractivity contribution in [3.8, 4) is 11.4 Å². The van der Waals surface area contributed by atoms with Crippen LogP contribution in [0.2, 0.25) is 0 Å². The molecule has 8 nitrogen and oxygen atoms in total. The number of carbonyl (C=O) groups excluding carboxylic acids is 1. The molecule has 0 aliphatic carbocycles. The lowest BCUT2D eigenvalue weighted by Gasteiger charge is -2.18. The number of amides is 2. The highest BCUT2D eigenvalue weighted by Gasteiger charge is 2.53. The number of carboxylic acids is 1. The van der Waals surface area contributed by atoms with Gasteiger partial charge in [-0.3, -0.25) is 10.1 Å². The molecule has 0 saturated carbocycles. The molecule has 2 aromatic rings. The van der Waals surface area contributed by atoms with Crippen molar-refractivity contribution in [2.24, 2.45) is 11.8 Å². The van der Waals surface area contributed by atoms with Crippen molar-refractivity contribution in [1.29, 1.82) is 0 Å². The fourth-order valence-corrected chi connectivity index (χ4v) is 2.70. The van der Waals surface area contributed by atoms with Crippen LogP contribution in [0.5, 0.6) is 0 Å². The van der Waals surface area contributed by atoms with Gasteiger partial charge >= 0.3 is 24.2 Å². The Hall–Kier alpha value is -3.11. The average Bonchev–Trinajstić information content (AvgIpc) is 3.22. The third kappa shape index (κ3) is 3.60. The fourth-order valence-electron chi connectivity index (χ4n) is 2.70. The third-order valence-electron chi connectivity index (χ3n) is 4.02. The summed E-state index contributed by atoms with van der Waals surface area (Å²) in [5.41, 5.74) is 0.626. The zero-order valence-electron chi connectivity index (χ0n) is 13.1. The average molecular weight is 370 g/mol. The van der Waals surface area contributed by atoms with E-state index in [1.165, 1.54) is 0 Å². The number of aromatic nitrogens is 2. The van der Waals surface area contributed by atoms with Gasteiger partial charge in [0.05, 0.1) is 11.8 Å². The first-order chi connectivity index (χ1) is 12.3. The Morgan fingerprint density at radius 3 is 2.50 bits per heavy atom. The Morgan fingerprint density at radius 1 is 1.23 bits per heavy atom. The first-order valence-corrected chi connectivity index (χ1v) is 7.50. The molecule has 2 N–H and O–H groups in total. The number of nitrogens with zero attached hydrogens (tertiary/aromatic N) is 3. The maximum atomic E-state index is 13.0. The van der Waals surface area contributed by atoms with Crippen molar-refractivity contribution >= 4 is 18.0 Å². The summed E-state index contributed by atoms with van der Waals surface area (Å²) in [5, 5.41) is 14.8. The predicted molar refractivity (Wildman–Crippen MR) is 81.0 cm³/mol. The Kier molecular flexibility index (Phi) is 4.53. The van der Waals surface area contributed by atoms with Crippen LogP contribution < -0.4 is 5.32 Å². The molecular weight excluding hydrogens is 357 g/mol. The molecule has 11 heteroatoms. The summed E-state index contributed by atoms with van der Waals surface area (Å²) in [5.74, 6) is -5.26. The minimum absolute atomic E-state index is 0.193. The molecule has 1 aliphatic rings. The largest absolute Gasteiger partial charge is 0.481 e. The molecule has 26 heavy (non-hydrogen) atoms. The Bertz CT molecular complexity index is 809. The second-order valence-electron chi connectivity index (χ2n) is 5.72. The number of likely N-dealkylation sites (tertiary alicyclic amines) is 1. The normalized spacial score (nSPS) is 20.2. The van der Waals surface area contributed by atoms with E-state index in [-0.39, 0.29) is 11.8 Å². The first-order valence-electron chi connectivity index (χ1n) is 7.50. The second-order valence-corrected chi connectivity index (χ2v) is 5.72. The number of anilines is 1. The number of aliphatic carboxylic acids is 1. The lowest BCUT2D eigenvalue weighted by Crippen LogP contribution is -2.35. The van der Waals surface area contributed by atoms with E-state index in [0.717, 1.165) is 4.90 Å². The zero-order chi connectivity index (χ0) is 18.9. The third-order valence-corrected chi connectivity index (χ3v) is 4.02. The summed E-state index contributed by atoms with van der Waals surface area (Å²) in [6, 6.07) is 7.47. The quantitative estimate of drug-likeness (QED) is 0.859. The van der Waals surface area contributed by atoms with E-state index in [1.54, 1.807) is 30.3 Å². The van der Waals surface area contributed by atoms with Gasteiger partial charge in [0.2, 0.25) is 5.82 Å². The molecule has 138 valence electrons. The summed E-state index contributed by atoms with van der Waals surface area (Å²) < 4.78 is 43.7. The Morgan fingerprint density at radius 2 is 1.92 bits per heavy atom.